The van der Waals surface area contributed by atoms with Gasteiger partial charge in [0, 0.05) is 12.3 Å². The van der Waals surface area contributed by atoms with Crippen LogP contribution >= 0.6 is 0 Å². The zero-order valence-corrected chi connectivity index (χ0v) is 7.61. The van der Waals surface area contributed by atoms with Gasteiger partial charge in [-0.25, -0.2) is 14.6 Å². The maximum Gasteiger partial charge on any atom is 0.343 e. The van der Waals surface area contributed by atoms with E-state index in [-0.39, 0.29) is 0 Å². The summed E-state index contributed by atoms with van der Waals surface area (Å²) in [5.74, 6) is -0.590. The van der Waals surface area contributed by atoms with E-state index in [0.29, 0.717) is 0 Å². The molecule has 0 aliphatic rings. The van der Waals surface area contributed by atoms with Gasteiger partial charge >= 0.3 is 12.0 Å². The molecule has 0 aliphatic heterocycles. The Labute approximate surface area is 76.5 Å². The molecule has 0 aromatic carbocycles. The van der Waals surface area contributed by atoms with Crippen molar-refractivity contribution in [3.8, 4) is 0 Å². The molecule has 1 N–H and O–H groups in total. The van der Waals surface area contributed by atoms with E-state index in [1.165, 1.54) is 13.1 Å². The molecule has 1 unspecified atom stereocenters. The third-order valence-corrected chi connectivity index (χ3v) is 1.03. The Balaban J connectivity index is 3.86. The number of carbonyl (C=O) groups is 2. The molecule has 13 heavy (non-hydrogen) atoms. The van der Waals surface area contributed by atoms with E-state index in [0.717, 1.165) is 6.08 Å². The molecular formula is C8H12N2O3. The van der Waals surface area contributed by atoms with Gasteiger partial charge in [-0.2, -0.15) is 0 Å². The number of nitrogens with zero attached hydrogens (tertiary/aromatic N) is 1. The number of hydrogen-bond donors (Lipinski definition) is 1. The fraction of sp³-hybridized carbons (Fsp3) is 0.375. The number of hydrogen-bond acceptors (Lipinski definition) is 3. The van der Waals surface area contributed by atoms with Crippen LogP contribution in [0.4, 0.5) is 4.79 Å². The molecule has 0 radical (unpaired) electrons. The minimum Gasteiger partial charge on any atom is -0.439 e. The molecule has 0 rings (SSSR count). The van der Waals surface area contributed by atoms with Crippen molar-refractivity contribution in [3.05, 3.63) is 12.7 Å². The van der Waals surface area contributed by atoms with Gasteiger partial charge in [-0.15, -0.1) is 0 Å². The van der Waals surface area contributed by atoms with Crippen LogP contribution in [0.5, 0.6) is 0 Å². The molecule has 72 valence electrons. The van der Waals surface area contributed by atoms with Crippen LogP contribution < -0.4 is 5.32 Å². The summed E-state index contributed by atoms with van der Waals surface area (Å²) in [5.41, 5.74) is 0. The van der Waals surface area contributed by atoms with E-state index >= 15 is 0 Å². The lowest BCUT2D eigenvalue weighted by atomic mass is 10.6. The summed E-state index contributed by atoms with van der Waals surface area (Å²) in [4.78, 5) is 24.8. The van der Waals surface area contributed by atoms with Gasteiger partial charge in [0.2, 0.25) is 0 Å². The molecule has 0 aromatic heterocycles. The average Bonchev–Trinajstić information content (AvgIpc) is 2.04. The lowest BCUT2D eigenvalue weighted by Crippen LogP contribution is -2.33. The standard InChI is InChI=1S/C8H12N2O3/c1-4-7(11)13-6(3)10-8(12)9-5-2/h4-6H,1H2,2-3H3,(H,10,12). The number of amides is 2. The van der Waals surface area contributed by atoms with Crippen molar-refractivity contribution in [2.45, 2.75) is 20.1 Å². The first-order valence-corrected chi connectivity index (χ1v) is 3.72. The summed E-state index contributed by atoms with van der Waals surface area (Å²) in [5, 5.41) is 2.32. The normalized spacial score (nSPS) is 12.2. The highest BCUT2D eigenvalue weighted by Crippen LogP contribution is 1.88. The summed E-state index contributed by atoms with van der Waals surface area (Å²) in [6, 6.07) is -0.549. The van der Waals surface area contributed by atoms with E-state index in [4.69, 9.17) is 0 Å². The Bertz CT molecular complexity index is 236. The van der Waals surface area contributed by atoms with Crippen LogP contribution in [0.25, 0.3) is 0 Å². The highest BCUT2D eigenvalue weighted by Gasteiger charge is 2.07. The zero-order valence-electron chi connectivity index (χ0n) is 7.61. The molecule has 0 aromatic rings. The predicted octanol–water partition coefficient (Wildman–Crippen LogP) is 0.862. The van der Waals surface area contributed by atoms with Crippen molar-refractivity contribution in [3.63, 3.8) is 0 Å². The van der Waals surface area contributed by atoms with Crippen molar-refractivity contribution < 1.29 is 14.3 Å². The average molecular weight is 184 g/mol. The topological polar surface area (TPSA) is 67.8 Å². The van der Waals surface area contributed by atoms with Crippen LogP contribution in [0.3, 0.4) is 0 Å². The third-order valence-electron chi connectivity index (χ3n) is 1.03. The zero-order chi connectivity index (χ0) is 10.3. The van der Waals surface area contributed by atoms with Crippen LogP contribution in [0, 0.1) is 0 Å². The lowest BCUT2D eigenvalue weighted by molar-refractivity contribution is -0.142. The summed E-state index contributed by atoms with van der Waals surface area (Å²) >= 11 is 0. The highest BCUT2D eigenvalue weighted by molar-refractivity contribution is 5.84. The minimum absolute atomic E-state index is 0.549. The molecular weight excluding hydrogens is 172 g/mol. The smallest absolute Gasteiger partial charge is 0.343 e. The molecule has 0 heterocycles. The monoisotopic (exact) mass is 184 g/mol. The van der Waals surface area contributed by atoms with Crippen molar-refractivity contribution >= 4 is 18.2 Å². The molecule has 0 aliphatic carbocycles. The molecule has 0 saturated carbocycles. The van der Waals surface area contributed by atoms with Crippen LogP contribution in [-0.4, -0.2) is 24.4 Å². The van der Waals surface area contributed by atoms with Gasteiger partial charge in [-0.05, 0) is 13.8 Å². The molecule has 0 bridgehead atoms. The van der Waals surface area contributed by atoms with Gasteiger partial charge < -0.3 is 10.1 Å². The van der Waals surface area contributed by atoms with Crippen LogP contribution in [0.2, 0.25) is 0 Å². The van der Waals surface area contributed by atoms with Crippen molar-refractivity contribution in [2.75, 3.05) is 0 Å². The Kier molecular flexibility index (Phi) is 5.18. The second-order valence-electron chi connectivity index (χ2n) is 2.12. The summed E-state index contributed by atoms with van der Waals surface area (Å²) in [6.45, 7) is 6.34. The van der Waals surface area contributed by atoms with Crippen molar-refractivity contribution in [2.24, 2.45) is 4.99 Å². The van der Waals surface area contributed by atoms with E-state index in [1.807, 2.05) is 0 Å². The maximum absolute atomic E-state index is 10.8. The quantitative estimate of drug-likeness (QED) is 0.306. The van der Waals surface area contributed by atoms with E-state index in [2.05, 4.69) is 21.6 Å². The fourth-order valence-electron chi connectivity index (χ4n) is 0.580. The van der Waals surface area contributed by atoms with E-state index < -0.39 is 18.2 Å². The Morgan fingerprint density at radius 1 is 1.62 bits per heavy atom. The Hall–Kier alpha value is -1.65. The number of rotatable bonds is 3. The molecule has 0 fully saturated rings. The van der Waals surface area contributed by atoms with Gasteiger partial charge in [0.25, 0.3) is 0 Å². The number of nitrogens with one attached hydrogen (secondary N) is 1. The Morgan fingerprint density at radius 3 is 2.69 bits per heavy atom. The van der Waals surface area contributed by atoms with Gasteiger partial charge in [0.05, 0.1) is 0 Å². The van der Waals surface area contributed by atoms with Crippen LogP contribution in [-0.2, 0) is 9.53 Å². The summed E-state index contributed by atoms with van der Waals surface area (Å²) < 4.78 is 4.65. The minimum atomic E-state index is -0.707. The fourth-order valence-corrected chi connectivity index (χ4v) is 0.580. The summed E-state index contributed by atoms with van der Waals surface area (Å²) in [6.07, 6.45) is 1.66. The largest absolute Gasteiger partial charge is 0.439 e. The van der Waals surface area contributed by atoms with Gasteiger partial charge in [0.15, 0.2) is 6.23 Å². The number of ether oxygens (including phenoxy) is 1. The van der Waals surface area contributed by atoms with E-state index in [1.54, 1.807) is 6.92 Å². The molecule has 0 spiro atoms. The molecule has 5 heteroatoms. The molecule has 5 nitrogen and oxygen atoms in total. The van der Waals surface area contributed by atoms with Gasteiger partial charge in [-0.3, -0.25) is 0 Å². The molecule has 0 saturated heterocycles. The number of esters is 1. The second-order valence-corrected chi connectivity index (χ2v) is 2.12. The first-order chi connectivity index (χ1) is 6.10. The molecule has 1 atom stereocenters. The number of aliphatic imine (C=N–C) groups is 1. The first kappa shape index (κ1) is 11.4. The third kappa shape index (κ3) is 5.60. The lowest BCUT2D eigenvalue weighted by Gasteiger charge is -2.11. The number of urea groups is 1. The summed E-state index contributed by atoms with van der Waals surface area (Å²) in [7, 11) is 0. The molecule has 2 amide bonds. The first-order valence-electron chi connectivity index (χ1n) is 3.72. The number of carbonyl (C=O) groups excluding carboxylic acids is 2. The van der Waals surface area contributed by atoms with Crippen LogP contribution in [0.15, 0.2) is 17.6 Å². The van der Waals surface area contributed by atoms with Crippen molar-refractivity contribution in [1.82, 2.24) is 5.32 Å². The van der Waals surface area contributed by atoms with E-state index in [9.17, 15) is 9.59 Å². The SMILES string of the molecule is C=CC(=O)OC(C)NC(=O)N=CC. The predicted molar refractivity (Wildman–Crippen MR) is 48.4 cm³/mol. The highest BCUT2D eigenvalue weighted by atomic mass is 16.6. The van der Waals surface area contributed by atoms with Gasteiger partial charge in [0.1, 0.15) is 0 Å². The van der Waals surface area contributed by atoms with Crippen molar-refractivity contribution in [1.29, 1.82) is 0 Å². The Morgan fingerprint density at radius 2 is 2.23 bits per heavy atom. The van der Waals surface area contributed by atoms with Gasteiger partial charge in [-0.1, -0.05) is 6.58 Å². The van der Waals surface area contributed by atoms with Crippen LogP contribution in [0.1, 0.15) is 13.8 Å². The second kappa shape index (κ2) is 5.93. The maximum atomic E-state index is 10.8.